The first-order valence-corrected chi connectivity index (χ1v) is 9.41. The molecule has 142 valence electrons. The Hall–Kier alpha value is -3.31. The number of ether oxygens (including phenoxy) is 1. The number of amides is 1. The summed E-state index contributed by atoms with van der Waals surface area (Å²) in [6.45, 7) is 1.81. The van der Waals surface area contributed by atoms with Crippen LogP contribution in [0.1, 0.15) is 12.5 Å². The molecule has 0 aliphatic rings. The summed E-state index contributed by atoms with van der Waals surface area (Å²) in [4.78, 5) is 12.5. The van der Waals surface area contributed by atoms with E-state index in [0.29, 0.717) is 22.2 Å². The number of benzene rings is 2. The maximum Gasteiger partial charge on any atom is 0.237 e. The Morgan fingerprint density at radius 3 is 2.46 bits per heavy atom. The lowest BCUT2D eigenvalue weighted by molar-refractivity contribution is -0.115. The van der Waals surface area contributed by atoms with Crippen molar-refractivity contribution in [2.45, 2.75) is 17.3 Å². The van der Waals surface area contributed by atoms with Crippen molar-refractivity contribution >= 4 is 23.4 Å². The summed E-state index contributed by atoms with van der Waals surface area (Å²) in [5.41, 5.74) is 2.11. The molecule has 0 radical (unpaired) electrons. The van der Waals surface area contributed by atoms with Gasteiger partial charge in [-0.2, -0.15) is 5.26 Å². The number of methoxy groups -OCH3 is 1. The summed E-state index contributed by atoms with van der Waals surface area (Å²) in [6.07, 6.45) is 0. The van der Waals surface area contributed by atoms with Crippen molar-refractivity contribution in [1.82, 2.24) is 14.8 Å². The number of hydrogen-bond acceptors (Lipinski definition) is 6. The number of aromatic nitrogens is 3. The second-order valence-corrected chi connectivity index (χ2v) is 7.34. The van der Waals surface area contributed by atoms with E-state index < -0.39 is 0 Å². The van der Waals surface area contributed by atoms with Crippen LogP contribution < -0.4 is 10.1 Å². The Bertz CT molecular complexity index is 1010. The van der Waals surface area contributed by atoms with Crippen molar-refractivity contribution in [3.8, 4) is 23.2 Å². The molecule has 0 saturated heterocycles. The number of nitrogens with one attached hydrogen (secondary N) is 1. The normalized spacial score (nSPS) is 11.5. The Morgan fingerprint density at radius 2 is 1.86 bits per heavy atom. The minimum Gasteiger partial charge on any atom is -0.497 e. The number of hydrogen-bond donors (Lipinski definition) is 1. The molecule has 1 atom stereocenters. The molecule has 1 N–H and O–H groups in total. The fraction of sp³-hybridized carbons (Fsp3) is 0.200. The number of nitrogens with zero attached hydrogens (tertiary/aromatic N) is 4. The topological polar surface area (TPSA) is 92.8 Å². The van der Waals surface area contributed by atoms with Crippen molar-refractivity contribution in [2.24, 2.45) is 7.05 Å². The van der Waals surface area contributed by atoms with Crippen LogP contribution in [0.15, 0.2) is 53.7 Å². The minimum atomic E-state index is -0.373. The van der Waals surface area contributed by atoms with E-state index in [9.17, 15) is 4.79 Å². The van der Waals surface area contributed by atoms with E-state index >= 15 is 0 Å². The van der Waals surface area contributed by atoms with Crippen LogP contribution in [0.3, 0.4) is 0 Å². The highest BCUT2D eigenvalue weighted by atomic mass is 32.2. The van der Waals surface area contributed by atoms with Crippen molar-refractivity contribution in [3.05, 3.63) is 54.1 Å². The Kier molecular flexibility index (Phi) is 5.96. The van der Waals surface area contributed by atoms with Crippen LogP contribution in [0.5, 0.6) is 5.75 Å². The van der Waals surface area contributed by atoms with Crippen molar-refractivity contribution in [2.75, 3.05) is 12.4 Å². The van der Waals surface area contributed by atoms with Gasteiger partial charge in [0.15, 0.2) is 11.0 Å². The summed E-state index contributed by atoms with van der Waals surface area (Å²) >= 11 is 1.33. The fourth-order valence-electron chi connectivity index (χ4n) is 2.49. The molecular weight excluding hydrogens is 374 g/mol. The van der Waals surface area contributed by atoms with Gasteiger partial charge in [0.05, 0.1) is 24.0 Å². The zero-order valence-corrected chi connectivity index (χ0v) is 16.5. The van der Waals surface area contributed by atoms with Gasteiger partial charge in [0.2, 0.25) is 5.91 Å². The lowest BCUT2D eigenvalue weighted by atomic mass is 10.2. The predicted molar refractivity (Wildman–Crippen MR) is 108 cm³/mol. The van der Waals surface area contributed by atoms with Crippen LogP contribution in [-0.4, -0.2) is 33.0 Å². The average Bonchev–Trinajstić information content (AvgIpc) is 3.08. The minimum absolute atomic E-state index is 0.149. The number of carbonyl (C=O) groups is 1. The molecule has 1 heterocycles. The standard InChI is InChI=1S/C20H19N5O2S/c1-13(19(26)22-16-8-4-14(12-21)5-9-16)28-20-24-23-18(25(20)2)15-6-10-17(27-3)11-7-15/h4-11,13H,1-3H3,(H,22,26)/t13-/m0/s1. The van der Waals surface area contributed by atoms with Gasteiger partial charge in [-0.3, -0.25) is 4.79 Å². The molecule has 0 fully saturated rings. The van der Waals surface area contributed by atoms with Crippen LogP contribution in [0.25, 0.3) is 11.4 Å². The highest BCUT2D eigenvalue weighted by molar-refractivity contribution is 8.00. The van der Waals surface area contributed by atoms with E-state index in [0.717, 1.165) is 11.3 Å². The number of carbonyl (C=O) groups excluding carboxylic acids is 1. The molecule has 1 amide bonds. The van der Waals surface area contributed by atoms with Gasteiger partial charge in [0.1, 0.15) is 5.75 Å². The summed E-state index contributed by atoms with van der Waals surface area (Å²) in [5.74, 6) is 1.34. The zero-order chi connectivity index (χ0) is 20.1. The van der Waals surface area contributed by atoms with Crippen molar-refractivity contribution < 1.29 is 9.53 Å². The van der Waals surface area contributed by atoms with E-state index in [1.165, 1.54) is 11.8 Å². The Balaban J connectivity index is 1.68. The van der Waals surface area contributed by atoms with Gasteiger partial charge in [-0.15, -0.1) is 10.2 Å². The molecule has 3 aromatic rings. The molecule has 0 bridgehead atoms. The third kappa shape index (κ3) is 4.32. The van der Waals surface area contributed by atoms with Gasteiger partial charge in [-0.1, -0.05) is 11.8 Å². The van der Waals surface area contributed by atoms with Crippen molar-refractivity contribution in [1.29, 1.82) is 5.26 Å². The molecule has 0 aliphatic carbocycles. The molecular formula is C20H19N5O2S. The van der Waals surface area contributed by atoms with Gasteiger partial charge < -0.3 is 14.6 Å². The number of anilines is 1. The Morgan fingerprint density at radius 1 is 1.18 bits per heavy atom. The second kappa shape index (κ2) is 8.59. The first kappa shape index (κ1) is 19.5. The highest BCUT2D eigenvalue weighted by Crippen LogP contribution is 2.27. The predicted octanol–water partition coefficient (Wildman–Crippen LogP) is 3.48. The van der Waals surface area contributed by atoms with E-state index in [-0.39, 0.29) is 11.2 Å². The lowest BCUT2D eigenvalue weighted by Gasteiger charge is -2.12. The number of thioether (sulfide) groups is 1. The van der Waals surface area contributed by atoms with Crippen LogP contribution in [0.2, 0.25) is 0 Å². The lowest BCUT2D eigenvalue weighted by Crippen LogP contribution is -2.22. The van der Waals surface area contributed by atoms with Crippen LogP contribution >= 0.6 is 11.8 Å². The maximum absolute atomic E-state index is 12.5. The van der Waals surface area contributed by atoms with E-state index in [1.54, 1.807) is 31.4 Å². The monoisotopic (exact) mass is 393 g/mol. The largest absolute Gasteiger partial charge is 0.497 e. The third-order valence-corrected chi connectivity index (χ3v) is 5.25. The second-order valence-electron chi connectivity index (χ2n) is 6.03. The number of rotatable bonds is 6. The quantitative estimate of drug-likeness (QED) is 0.645. The van der Waals surface area contributed by atoms with Crippen LogP contribution in [-0.2, 0) is 11.8 Å². The molecule has 2 aromatic carbocycles. The first-order valence-electron chi connectivity index (χ1n) is 8.53. The summed E-state index contributed by atoms with van der Waals surface area (Å²) in [7, 11) is 3.49. The molecule has 8 heteroatoms. The summed E-state index contributed by atoms with van der Waals surface area (Å²) in [6, 6.07) is 16.4. The van der Waals surface area contributed by atoms with E-state index in [2.05, 4.69) is 15.5 Å². The molecule has 0 spiro atoms. The summed E-state index contributed by atoms with van der Waals surface area (Å²) < 4.78 is 7.03. The van der Waals surface area contributed by atoms with Crippen molar-refractivity contribution in [3.63, 3.8) is 0 Å². The fourth-order valence-corrected chi connectivity index (χ4v) is 3.31. The van der Waals surface area contributed by atoms with Gasteiger partial charge >= 0.3 is 0 Å². The van der Waals surface area contributed by atoms with Gasteiger partial charge in [-0.05, 0) is 55.5 Å². The first-order chi connectivity index (χ1) is 13.5. The van der Waals surface area contributed by atoms with Gasteiger partial charge in [0.25, 0.3) is 0 Å². The number of nitriles is 1. The smallest absolute Gasteiger partial charge is 0.237 e. The molecule has 0 aliphatic heterocycles. The molecule has 1 aromatic heterocycles. The highest BCUT2D eigenvalue weighted by Gasteiger charge is 2.19. The van der Waals surface area contributed by atoms with E-state index in [4.69, 9.17) is 10.00 Å². The average molecular weight is 393 g/mol. The third-order valence-electron chi connectivity index (χ3n) is 4.12. The Labute approximate surface area is 167 Å². The molecule has 3 rings (SSSR count). The van der Waals surface area contributed by atoms with Gasteiger partial charge in [-0.25, -0.2) is 0 Å². The van der Waals surface area contributed by atoms with Crippen LogP contribution in [0, 0.1) is 11.3 Å². The SMILES string of the molecule is COc1ccc(-c2nnc(S[C@@H](C)C(=O)Nc3ccc(C#N)cc3)n2C)cc1. The summed E-state index contributed by atoms with van der Waals surface area (Å²) in [5, 5.41) is 20.4. The molecule has 7 nitrogen and oxygen atoms in total. The maximum atomic E-state index is 12.5. The zero-order valence-electron chi connectivity index (χ0n) is 15.7. The van der Waals surface area contributed by atoms with Gasteiger partial charge in [0, 0.05) is 18.3 Å². The molecule has 0 saturated carbocycles. The van der Waals surface area contributed by atoms with E-state index in [1.807, 2.05) is 48.9 Å². The van der Waals surface area contributed by atoms with Crippen LogP contribution in [0.4, 0.5) is 5.69 Å². The molecule has 28 heavy (non-hydrogen) atoms. The molecule has 0 unspecified atom stereocenters.